The number of hydrogen-bond donors (Lipinski definition) is 1. The summed E-state index contributed by atoms with van der Waals surface area (Å²) >= 11 is 0. The minimum absolute atomic E-state index is 0.331. The molecule has 2 N–H and O–H groups in total. The first-order chi connectivity index (χ1) is 9.38. The lowest BCUT2D eigenvalue weighted by atomic mass is 9.97. The molecule has 0 bridgehead atoms. The van der Waals surface area contributed by atoms with E-state index in [-0.39, 0.29) is 0 Å². The van der Waals surface area contributed by atoms with E-state index in [1.165, 1.54) is 6.07 Å². The lowest BCUT2D eigenvalue weighted by Gasteiger charge is -2.32. The Morgan fingerprint density at radius 2 is 2.00 bits per heavy atom. The van der Waals surface area contributed by atoms with Gasteiger partial charge in [0.15, 0.2) is 0 Å². The lowest BCUT2D eigenvalue weighted by molar-refractivity contribution is -0.137. The molecule has 1 fully saturated rings. The van der Waals surface area contributed by atoms with Crippen molar-refractivity contribution < 1.29 is 17.6 Å². The summed E-state index contributed by atoms with van der Waals surface area (Å²) in [7, 11) is 0. The third-order valence-electron chi connectivity index (χ3n) is 3.63. The predicted octanol–water partition coefficient (Wildman–Crippen LogP) is 3.02. The number of rotatable bonds is 3. The number of nitrogens with zero attached hydrogens (tertiary/aromatic N) is 1. The average molecular weight is 290 g/mol. The summed E-state index contributed by atoms with van der Waals surface area (Å²) in [5, 5.41) is 0. The van der Waals surface area contributed by atoms with Crippen LogP contribution in [0.25, 0.3) is 0 Å². The van der Waals surface area contributed by atoms with Crippen molar-refractivity contribution in [3.05, 3.63) is 35.1 Å². The molecule has 1 heterocycles. The number of likely N-dealkylation sites (tertiary alicyclic amines) is 1. The molecule has 0 aliphatic carbocycles. The van der Waals surface area contributed by atoms with Crippen molar-refractivity contribution in [3.63, 3.8) is 0 Å². The summed E-state index contributed by atoms with van der Waals surface area (Å²) in [6.07, 6.45) is -2.49. The SMILES string of the molecule is NCC1CCCN(Cc2cc(F)cc(C(F)(F)F)c2)C1. The predicted molar refractivity (Wildman–Crippen MR) is 68.5 cm³/mol. The lowest BCUT2D eigenvalue weighted by Crippen LogP contribution is -2.37. The molecular formula is C14H18F4N2. The maximum Gasteiger partial charge on any atom is 0.416 e. The summed E-state index contributed by atoms with van der Waals surface area (Å²) in [6.45, 7) is 2.48. The van der Waals surface area contributed by atoms with Gasteiger partial charge in [-0.05, 0) is 55.6 Å². The molecule has 1 aliphatic rings. The Morgan fingerprint density at radius 1 is 1.25 bits per heavy atom. The van der Waals surface area contributed by atoms with Crippen molar-refractivity contribution >= 4 is 0 Å². The van der Waals surface area contributed by atoms with Gasteiger partial charge >= 0.3 is 6.18 Å². The number of alkyl halides is 3. The van der Waals surface area contributed by atoms with Crippen LogP contribution in [0.1, 0.15) is 24.0 Å². The van der Waals surface area contributed by atoms with Gasteiger partial charge < -0.3 is 5.73 Å². The normalized spacial score (nSPS) is 21.1. The quantitative estimate of drug-likeness (QED) is 0.867. The second kappa shape index (κ2) is 6.10. The van der Waals surface area contributed by atoms with E-state index in [4.69, 9.17) is 5.73 Å². The molecule has 2 nitrogen and oxygen atoms in total. The molecule has 0 aromatic heterocycles. The highest BCUT2D eigenvalue weighted by atomic mass is 19.4. The molecule has 2 rings (SSSR count). The Kier molecular flexibility index (Phi) is 4.65. The summed E-state index contributed by atoms with van der Waals surface area (Å²) in [4.78, 5) is 2.04. The number of halogens is 4. The van der Waals surface area contributed by atoms with Crippen molar-refractivity contribution in [2.45, 2.75) is 25.6 Å². The van der Waals surface area contributed by atoms with Crippen LogP contribution in [0.3, 0.4) is 0 Å². The standard InChI is InChI=1S/C14H18F4N2/c15-13-5-11(4-12(6-13)14(16,17)18)9-20-3-1-2-10(7-19)8-20/h4-6,10H,1-3,7-9,19H2. The van der Waals surface area contributed by atoms with E-state index in [0.29, 0.717) is 30.6 Å². The molecule has 20 heavy (non-hydrogen) atoms. The maximum atomic E-state index is 13.3. The largest absolute Gasteiger partial charge is 0.416 e. The zero-order valence-electron chi connectivity index (χ0n) is 11.1. The van der Waals surface area contributed by atoms with Crippen molar-refractivity contribution in [1.29, 1.82) is 0 Å². The minimum atomic E-state index is -4.52. The van der Waals surface area contributed by atoms with E-state index in [9.17, 15) is 17.6 Å². The second-order valence-electron chi connectivity index (χ2n) is 5.32. The van der Waals surface area contributed by atoms with E-state index in [0.717, 1.165) is 32.0 Å². The molecule has 1 saturated heterocycles. The van der Waals surface area contributed by atoms with Crippen LogP contribution in [0, 0.1) is 11.7 Å². The maximum absolute atomic E-state index is 13.3. The van der Waals surface area contributed by atoms with Gasteiger partial charge in [0.25, 0.3) is 0 Å². The molecule has 112 valence electrons. The highest BCUT2D eigenvalue weighted by Crippen LogP contribution is 2.31. The molecule has 0 saturated carbocycles. The van der Waals surface area contributed by atoms with Gasteiger partial charge in [0, 0.05) is 13.1 Å². The highest BCUT2D eigenvalue weighted by molar-refractivity contribution is 5.26. The number of benzene rings is 1. The molecular weight excluding hydrogens is 272 g/mol. The van der Waals surface area contributed by atoms with Crippen LogP contribution in [-0.4, -0.2) is 24.5 Å². The molecule has 1 aromatic rings. The Hall–Kier alpha value is -1.14. The summed E-state index contributed by atoms with van der Waals surface area (Å²) < 4.78 is 51.3. The van der Waals surface area contributed by atoms with E-state index >= 15 is 0 Å². The van der Waals surface area contributed by atoms with Gasteiger partial charge in [0.1, 0.15) is 5.82 Å². The molecule has 0 spiro atoms. The highest BCUT2D eigenvalue weighted by Gasteiger charge is 2.31. The van der Waals surface area contributed by atoms with E-state index in [1.807, 2.05) is 4.90 Å². The van der Waals surface area contributed by atoms with Crippen molar-refractivity contribution in [3.8, 4) is 0 Å². The molecule has 1 aliphatic heterocycles. The Bertz CT molecular complexity index is 459. The van der Waals surface area contributed by atoms with Crippen LogP contribution in [-0.2, 0) is 12.7 Å². The Labute approximate surface area is 115 Å². The molecule has 0 amide bonds. The van der Waals surface area contributed by atoms with Gasteiger partial charge in [-0.2, -0.15) is 13.2 Å². The smallest absolute Gasteiger partial charge is 0.330 e. The first-order valence-electron chi connectivity index (χ1n) is 6.67. The van der Waals surface area contributed by atoms with Crippen LogP contribution < -0.4 is 5.73 Å². The van der Waals surface area contributed by atoms with Crippen molar-refractivity contribution in [1.82, 2.24) is 4.90 Å². The van der Waals surface area contributed by atoms with Gasteiger partial charge in [0.05, 0.1) is 5.56 Å². The Morgan fingerprint density at radius 3 is 2.65 bits per heavy atom. The van der Waals surface area contributed by atoms with E-state index in [1.54, 1.807) is 0 Å². The third kappa shape index (κ3) is 3.93. The van der Waals surface area contributed by atoms with Gasteiger partial charge in [0.2, 0.25) is 0 Å². The molecule has 6 heteroatoms. The number of piperidine rings is 1. The summed E-state index contributed by atoms with van der Waals surface area (Å²) in [5.41, 5.74) is 5.05. The van der Waals surface area contributed by atoms with Gasteiger partial charge in [-0.1, -0.05) is 0 Å². The van der Waals surface area contributed by atoms with Crippen LogP contribution in [0.5, 0.6) is 0 Å². The molecule has 1 atom stereocenters. The van der Waals surface area contributed by atoms with Gasteiger partial charge in [-0.15, -0.1) is 0 Å². The fourth-order valence-corrected chi connectivity index (χ4v) is 2.65. The minimum Gasteiger partial charge on any atom is -0.330 e. The summed E-state index contributed by atoms with van der Waals surface area (Å²) in [5.74, 6) is -0.471. The first-order valence-corrected chi connectivity index (χ1v) is 6.67. The molecule has 1 aromatic carbocycles. The topological polar surface area (TPSA) is 29.3 Å². The zero-order chi connectivity index (χ0) is 14.8. The number of nitrogens with two attached hydrogens (primary N) is 1. The fourth-order valence-electron chi connectivity index (χ4n) is 2.65. The molecule has 1 unspecified atom stereocenters. The van der Waals surface area contributed by atoms with Crippen LogP contribution in [0.2, 0.25) is 0 Å². The Balaban J connectivity index is 2.11. The van der Waals surface area contributed by atoms with Gasteiger partial charge in [-0.25, -0.2) is 4.39 Å². The first kappa shape index (κ1) is 15.3. The third-order valence-corrected chi connectivity index (χ3v) is 3.63. The summed E-state index contributed by atoms with van der Waals surface area (Å²) in [6, 6.07) is 2.72. The monoisotopic (exact) mass is 290 g/mol. The average Bonchev–Trinajstić information content (AvgIpc) is 2.37. The van der Waals surface area contributed by atoms with Crippen molar-refractivity contribution in [2.24, 2.45) is 11.7 Å². The second-order valence-corrected chi connectivity index (χ2v) is 5.32. The van der Waals surface area contributed by atoms with Crippen LogP contribution in [0.15, 0.2) is 18.2 Å². The van der Waals surface area contributed by atoms with Crippen molar-refractivity contribution in [2.75, 3.05) is 19.6 Å². The fraction of sp³-hybridized carbons (Fsp3) is 0.571. The molecule has 0 radical (unpaired) electrons. The van der Waals surface area contributed by atoms with Crippen LogP contribution in [0.4, 0.5) is 17.6 Å². The van der Waals surface area contributed by atoms with Gasteiger partial charge in [-0.3, -0.25) is 4.90 Å². The van der Waals surface area contributed by atoms with E-state index in [2.05, 4.69) is 0 Å². The number of hydrogen-bond acceptors (Lipinski definition) is 2. The van der Waals surface area contributed by atoms with E-state index < -0.39 is 17.6 Å². The zero-order valence-corrected chi connectivity index (χ0v) is 11.1. The van der Waals surface area contributed by atoms with Crippen LogP contribution >= 0.6 is 0 Å².